The minimum atomic E-state index is -4.58. The second-order valence-electron chi connectivity index (χ2n) is 3.46. The summed E-state index contributed by atoms with van der Waals surface area (Å²) in [6, 6.07) is 3.24. The zero-order valence-corrected chi connectivity index (χ0v) is 9.22. The van der Waals surface area contributed by atoms with E-state index < -0.39 is 24.5 Å². The summed E-state index contributed by atoms with van der Waals surface area (Å²) in [6.45, 7) is -0.394. The maximum absolute atomic E-state index is 12.5. The van der Waals surface area contributed by atoms with Gasteiger partial charge in [0.1, 0.15) is 5.92 Å². The standard InChI is InChI=1S/C9H12F3N5O/c10-9(11,12)7(8(13)17-18)5-14-4-6-2-1-3-15-16-6/h1-3,7,14,18H,4-5H2,(H2,13,17). The Hall–Kier alpha value is -1.90. The second kappa shape index (κ2) is 6.15. The average molecular weight is 263 g/mol. The molecule has 0 aliphatic rings. The van der Waals surface area contributed by atoms with Gasteiger partial charge in [-0.25, -0.2) is 0 Å². The zero-order valence-electron chi connectivity index (χ0n) is 9.22. The monoisotopic (exact) mass is 263 g/mol. The SMILES string of the molecule is N/C(=N/O)C(CNCc1cccnn1)C(F)(F)F. The number of oxime groups is 1. The van der Waals surface area contributed by atoms with Crippen LogP contribution in [0, 0.1) is 5.92 Å². The van der Waals surface area contributed by atoms with Crippen LogP contribution in [0.2, 0.25) is 0 Å². The fourth-order valence-corrected chi connectivity index (χ4v) is 1.23. The van der Waals surface area contributed by atoms with E-state index in [1.807, 2.05) is 0 Å². The van der Waals surface area contributed by atoms with E-state index in [9.17, 15) is 13.2 Å². The molecule has 0 saturated heterocycles. The van der Waals surface area contributed by atoms with Crippen molar-refractivity contribution in [1.29, 1.82) is 0 Å². The van der Waals surface area contributed by atoms with Crippen LogP contribution in [0.4, 0.5) is 13.2 Å². The molecule has 18 heavy (non-hydrogen) atoms. The van der Waals surface area contributed by atoms with Crippen LogP contribution in [0.1, 0.15) is 5.69 Å². The molecule has 1 atom stereocenters. The van der Waals surface area contributed by atoms with Crippen molar-refractivity contribution in [3.05, 3.63) is 24.0 Å². The maximum Gasteiger partial charge on any atom is 0.400 e. The number of nitrogens with two attached hydrogens (primary N) is 1. The third kappa shape index (κ3) is 4.17. The highest BCUT2D eigenvalue weighted by Gasteiger charge is 2.42. The molecule has 1 unspecified atom stereocenters. The van der Waals surface area contributed by atoms with Crippen molar-refractivity contribution in [1.82, 2.24) is 15.5 Å². The quantitative estimate of drug-likeness (QED) is 0.311. The number of nitrogens with one attached hydrogen (secondary N) is 1. The Morgan fingerprint density at radius 2 is 2.28 bits per heavy atom. The van der Waals surface area contributed by atoms with Gasteiger partial charge in [0.25, 0.3) is 0 Å². The van der Waals surface area contributed by atoms with Crippen molar-refractivity contribution >= 4 is 5.84 Å². The van der Waals surface area contributed by atoms with Crippen LogP contribution in [-0.4, -0.2) is 34.0 Å². The van der Waals surface area contributed by atoms with Gasteiger partial charge in [0.05, 0.1) is 5.69 Å². The minimum Gasteiger partial charge on any atom is -0.409 e. The van der Waals surface area contributed by atoms with Gasteiger partial charge >= 0.3 is 6.18 Å². The molecule has 100 valence electrons. The molecular weight excluding hydrogens is 251 g/mol. The topological polar surface area (TPSA) is 96.4 Å². The van der Waals surface area contributed by atoms with Gasteiger partial charge in [-0.3, -0.25) is 0 Å². The Morgan fingerprint density at radius 3 is 2.78 bits per heavy atom. The Balaban J connectivity index is 2.54. The fourth-order valence-electron chi connectivity index (χ4n) is 1.23. The van der Waals surface area contributed by atoms with Gasteiger partial charge in [-0.05, 0) is 12.1 Å². The van der Waals surface area contributed by atoms with Crippen molar-refractivity contribution < 1.29 is 18.4 Å². The lowest BCUT2D eigenvalue weighted by Crippen LogP contribution is -2.42. The summed E-state index contributed by atoms with van der Waals surface area (Å²) < 4.78 is 37.6. The molecule has 0 bridgehead atoms. The fraction of sp³-hybridized carbons (Fsp3) is 0.444. The Morgan fingerprint density at radius 1 is 1.56 bits per heavy atom. The Labute approximate surface area is 101 Å². The molecule has 9 heteroatoms. The number of amidine groups is 1. The lowest BCUT2D eigenvalue weighted by Gasteiger charge is -2.19. The van der Waals surface area contributed by atoms with Crippen LogP contribution in [0.3, 0.4) is 0 Å². The number of nitrogens with zero attached hydrogens (tertiary/aromatic N) is 3. The molecule has 0 radical (unpaired) electrons. The van der Waals surface area contributed by atoms with Gasteiger partial charge in [0, 0.05) is 19.3 Å². The first-order valence-corrected chi connectivity index (χ1v) is 4.96. The summed E-state index contributed by atoms with van der Waals surface area (Å²) >= 11 is 0. The number of hydrogen-bond donors (Lipinski definition) is 3. The summed E-state index contributed by atoms with van der Waals surface area (Å²) in [5, 5.41) is 20.5. The summed E-state index contributed by atoms with van der Waals surface area (Å²) in [5.41, 5.74) is 5.49. The average Bonchev–Trinajstić information content (AvgIpc) is 2.33. The largest absolute Gasteiger partial charge is 0.409 e. The molecule has 0 fully saturated rings. The number of aromatic nitrogens is 2. The van der Waals surface area contributed by atoms with Crippen LogP contribution in [0.15, 0.2) is 23.5 Å². The Bertz CT molecular complexity index is 395. The van der Waals surface area contributed by atoms with E-state index in [0.29, 0.717) is 5.69 Å². The number of hydrogen-bond acceptors (Lipinski definition) is 5. The van der Waals surface area contributed by atoms with Crippen LogP contribution >= 0.6 is 0 Å². The first-order valence-electron chi connectivity index (χ1n) is 4.96. The van der Waals surface area contributed by atoms with E-state index in [0.717, 1.165) is 0 Å². The molecule has 1 heterocycles. The van der Waals surface area contributed by atoms with Crippen molar-refractivity contribution in [3.8, 4) is 0 Å². The van der Waals surface area contributed by atoms with Gasteiger partial charge in [-0.2, -0.15) is 23.4 Å². The van der Waals surface area contributed by atoms with Gasteiger partial charge in [0.15, 0.2) is 5.84 Å². The summed E-state index contributed by atoms with van der Waals surface area (Å²) in [4.78, 5) is 0. The highest BCUT2D eigenvalue weighted by Crippen LogP contribution is 2.25. The Kier molecular flexibility index (Phi) is 4.84. The molecule has 1 rings (SSSR count). The molecule has 1 aromatic rings. The smallest absolute Gasteiger partial charge is 0.400 e. The van der Waals surface area contributed by atoms with Gasteiger partial charge in [-0.15, -0.1) is 0 Å². The molecule has 0 saturated carbocycles. The molecule has 0 aliphatic carbocycles. The van der Waals surface area contributed by atoms with Crippen LogP contribution in [0.5, 0.6) is 0 Å². The van der Waals surface area contributed by atoms with Gasteiger partial charge in [-0.1, -0.05) is 5.16 Å². The minimum absolute atomic E-state index is 0.110. The molecule has 4 N–H and O–H groups in total. The highest BCUT2D eigenvalue weighted by molar-refractivity contribution is 5.83. The lowest BCUT2D eigenvalue weighted by molar-refractivity contribution is -0.155. The molecule has 0 aromatic carbocycles. The molecular formula is C9H12F3N5O. The molecule has 0 aliphatic heterocycles. The molecule has 0 amide bonds. The predicted molar refractivity (Wildman–Crippen MR) is 56.7 cm³/mol. The van der Waals surface area contributed by atoms with E-state index >= 15 is 0 Å². The number of rotatable bonds is 5. The first kappa shape index (κ1) is 14.2. The maximum atomic E-state index is 12.5. The summed E-state index contributed by atoms with van der Waals surface area (Å²) in [7, 11) is 0. The van der Waals surface area contributed by atoms with E-state index in [1.54, 1.807) is 12.1 Å². The molecule has 0 spiro atoms. The summed E-state index contributed by atoms with van der Waals surface area (Å²) in [5.74, 6) is -2.92. The van der Waals surface area contributed by atoms with Crippen LogP contribution in [0.25, 0.3) is 0 Å². The normalized spacial score (nSPS) is 14.5. The van der Waals surface area contributed by atoms with Crippen LogP contribution in [-0.2, 0) is 6.54 Å². The van der Waals surface area contributed by atoms with Crippen molar-refractivity contribution in [2.45, 2.75) is 12.7 Å². The first-order chi connectivity index (χ1) is 8.45. The van der Waals surface area contributed by atoms with Crippen molar-refractivity contribution in [2.24, 2.45) is 16.8 Å². The van der Waals surface area contributed by atoms with Crippen LogP contribution < -0.4 is 11.1 Å². The molecule has 1 aromatic heterocycles. The summed E-state index contributed by atoms with van der Waals surface area (Å²) in [6.07, 6.45) is -3.12. The van der Waals surface area contributed by atoms with Crippen molar-refractivity contribution in [2.75, 3.05) is 6.54 Å². The lowest BCUT2D eigenvalue weighted by atomic mass is 10.1. The highest BCUT2D eigenvalue weighted by atomic mass is 19.4. The van der Waals surface area contributed by atoms with Crippen molar-refractivity contribution in [3.63, 3.8) is 0 Å². The van der Waals surface area contributed by atoms with E-state index in [1.165, 1.54) is 6.20 Å². The van der Waals surface area contributed by atoms with E-state index in [2.05, 4.69) is 20.7 Å². The number of alkyl halides is 3. The van der Waals surface area contributed by atoms with E-state index in [-0.39, 0.29) is 6.54 Å². The predicted octanol–water partition coefficient (Wildman–Crippen LogP) is 0.491. The van der Waals surface area contributed by atoms with Gasteiger partial charge in [0.2, 0.25) is 0 Å². The zero-order chi connectivity index (χ0) is 13.6. The number of halogens is 3. The van der Waals surface area contributed by atoms with Gasteiger partial charge < -0.3 is 16.3 Å². The second-order valence-corrected chi connectivity index (χ2v) is 3.46. The third-order valence-corrected chi connectivity index (χ3v) is 2.15. The third-order valence-electron chi connectivity index (χ3n) is 2.15. The van der Waals surface area contributed by atoms with E-state index in [4.69, 9.17) is 10.9 Å². The molecule has 6 nitrogen and oxygen atoms in total.